The number of rotatable bonds is 4. The number of carbonyl (C=O) groups is 1. The highest BCUT2D eigenvalue weighted by molar-refractivity contribution is 6.32. The number of hydrogen-bond acceptors (Lipinski definition) is 2. The number of pyridine rings is 1. The van der Waals surface area contributed by atoms with Crippen LogP contribution < -0.4 is 0 Å². The molecule has 1 N–H and O–H groups in total. The lowest BCUT2D eigenvalue weighted by molar-refractivity contribution is -0.137. The third-order valence-electron chi connectivity index (χ3n) is 4.10. The fourth-order valence-electron chi connectivity index (χ4n) is 2.85. The monoisotopic (exact) mass is 394 g/mol. The average molecular weight is 395 g/mol. The first-order chi connectivity index (χ1) is 12.7. The Morgan fingerprint density at radius 2 is 2.04 bits per heavy atom. The van der Waals surface area contributed by atoms with Crippen LogP contribution in [0.3, 0.4) is 0 Å². The molecule has 0 radical (unpaired) electrons. The van der Waals surface area contributed by atoms with Gasteiger partial charge in [0.2, 0.25) is 0 Å². The molecule has 27 heavy (non-hydrogen) atoms. The number of nitrogens with zero attached hydrogens (tertiary/aromatic N) is 2. The number of imidazole rings is 1. The van der Waals surface area contributed by atoms with Gasteiger partial charge < -0.3 is 9.51 Å². The van der Waals surface area contributed by atoms with Crippen molar-refractivity contribution >= 4 is 35.4 Å². The van der Waals surface area contributed by atoms with E-state index in [1.807, 2.05) is 6.92 Å². The number of aromatic nitrogens is 2. The Labute approximate surface area is 157 Å². The van der Waals surface area contributed by atoms with Gasteiger partial charge in [-0.3, -0.25) is 0 Å². The van der Waals surface area contributed by atoms with Gasteiger partial charge in [0.1, 0.15) is 5.65 Å². The van der Waals surface area contributed by atoms with E-state index >= 15 is 0 Å². The molecule has 0 amide bonds. The van der Waals surface area contributed by atoms with Crippen molar-refractivity contribution in [2.75, 3.05) is 0 Å². The summed E-state index contributed by atoms with van der Waals surface area (Å²) in [6, 6.07) is 6.46. The lowest BCUT2D eigenvalue weighted by atomic mass is 10.1. The summed E-state index contributed by atoms with van der Waals surface area (Å²) in [7, 11) is 0. The van der Waals surface area contributed by atoms with Crippen LogP contribution in [0.1, 0.15) is 39.8 Å². The number of carboxylic acid groups (broad SMARTS) is 1. The summed E-state index contributed by atoms with van der Waals surface area (Å²) in [5.74, 6) is -1.08. The number of aromatic carboxylic acids is 1. The second kappa shape index (κ2) is 7.08. The van der Waals surface area contributed by atoms with Gasteiger partial charge in [-0.05, 0) is 36.8 Å². The Bertz CT molecular complexity index is 1060. The maximum Gasteiger partial charge on any atom is 0.417 e. The molecule has 2 heterocycles. The molecule has 1 aromatic carbocycles. The SMILES string of the molecule is CCc1c(/C=C/c2c(Cl)cccc2C(F)(F)F)nc2cc(C(=O)O)ccn12. The van der Waals surface area contributed by atoms with Crippen molar-refractivity contribution in [3.63, 3.8) is 0 Å². The molecule has 140 valence electrons. The highest BCUT2D eigenvalue weighted by Gasteiger charge is 2.33. The second-order valence-corrected chi connectivity index (χ2v) is 6.19. The quantitative estimate of drug-likeness (QED) is 0.641. The summed E-state index contributed by atoms with van der Waals surface area (Å²) < 4.78 is 41.4. The Morgan fingerprint density at radius 1 is 1.30 bits per heavy atom. The molecule has 0 bridgehead atoms. The van der Waals surface area contributed by atoms with E-state index in [-0.39, 0.29) is 16.1 Å². The lowest BCUT2D eigenvalue weighted by Gasteiger charge is -2.11. The standard InChI is InChI=1S/C19H14ClF3N2O2/c1-2-16-15(24-17-10-11(18(26)27)8-9-25(16)17)7-6-12-13(19(21,22)23)4-3-5-14(12)20/h3-10H,2H2,1H3,(H,26,27)/b7-6+. The van der Waals surface area contributed by atoms with E-state index < -0.39 is 17.7 Å². The van der Waals surface area contributed by atoms with Gasteiger partial charge in [-0.2, -0.15) is 13.2 Å². The minimum Gasteiger partial charge on any atom is -0.478 e. The minimum absolute atomic E-state index is 0.0175. The zero-order chi connectivity index (χ0) is 19.8. The molecule has 3 rings (SSSR count). The summed E-state index contributed by atoms with van der Waals surface area (Å²) in [4.78, 5) is 15.5. The molecule has 2 aromatic heterocycles. The molecule has 0 aliphatic rings. The summed E-state index contributed by atoms with van der Waals surface area (Å²) in [6.07, 6.45) is 0.348. The molecule has 0 atom stereocenters. The number of halogens is 4. The van der Waals surface area contributed by atoms with Gasteiger partial charge in [0, 0.05) is 22.5 Å². The molecule has 0 spiro atoms. The van der Waals surface area contributed by atoms with Gasteiger partial charge in [0.05, 0.1) is 16.8 Å². The number of benzene rings is 1. The molecule has 0 saturated carbocycles. The van der Waals surface area contributed by atoms with Crippen molar-refractivity contribution in [3.8, 4) is 0 Å². The molecule has 4 nitrogen and oxygen atoms in total. The first-order valence-corrected chi connectivity index (χ1v) is 8.38. The number of aryl methyl sites for hydroxylation is 1. The Morgan fingerprint density at radius 3 is 2.67 bits per heavy atom. The van der Waals surface area contributed by atoms with E-state index in [0.29, 0.717) is 17.8 Å². The fraction of sp³-hybridized carbons (Fsp3) is 0.158. The van der Waals surface area contributed by atoms with E-state index in [2.05, 4.69) is 4.98 Å². The maximum absolute atomic E-state index is 13.2. The zero-order valence-corrected chi connectivity index (χ0v) is 14.8. The number of hydrogen-bond donors (Lipinski definition) is 1. The van der Waals surface area contributed by atoms with Crippen LogP contribution in [0.4, 0.5) is 13.2 Å². The molecule has 0 fully saturated rings. The van der Waals surface area contributed by atoms with Gasteiger partial charge in [-0.25, -0.2) is 9.78 Å². The third-order valence-corrected chi connectivity index (χ3v) is 4.43. The number of carboxylic acids is 1. The molecular formula is C19H14ClF3N2O2. The van der Waals surface area contributed by atoms with Crippen molar-refractivity contribution in [2.45, 2.75) is 19.5 Å². The first-order valence-electron chi connectivity index (χ1n) is 8.00. The summed E-state index contributed by atoms with van der Waals surface area (Å²) in [5.41, 5.74) is 0.711. The summed E-state index contributed by atoms with van der Waals surface area (Å²) >= 11 is 5.97. The Kier molecular flexibility index (Phi) is 4.97. The highest BCUT2D eigenvalue weighted by Crippen LogP contribution is 2.36. The molecule has 0 aliphatic heterocycles. The van der Waals surface area contributed by atoms with Crippen LogP contribution in [0.5, 0.6) is 0 Å². The Balaban J connectivity index is 2.11. The molecule has 0 aliphatic carbocycles. The smallest absolute Gasteiger partial charge is 0.417 e. The van der Waals surface area contributed by atoms with Crippen LogP contribution in [0.25, 0.3) is 17.8 Å². The molecule has 8 heteroatoms. The van der Waals surface area contributed by atoms with Crippen LogP contribution >= 0.6 is 11.6 Å². The molecule has 3 aromatic rings. The average Bonchev–Trinajstić information content (AvgIpc) is 2.96. The van der Waals surface area contributed by atoms with E-state index in [1.165, 1.54) is 36.4 Å². The lowest BCUT2D eigenvalue weighted by Crippen LogP contribution is -2.07. The van der Waals surface area contributed by atoms with E-state index in [9.17, 15) is 18.0 Å². The zero-order valence-electron chi connectivity index (χ0n) is 14.1. The Hall–Kier alpha value is -2.80. The van der Waals surface area contributed by atoms with Gasteiger partial charge in [-0.1, -0.05) is 30.7 Å². The fourth-order valence-corrected chi connectivity index (χ4v) is 3.09. The summed E-state index contributed by atoms with van der Waals surface area (Å²) in [5, 5.41) is 9.08. The largest absolute Gasteiger partial charge is 0.478 e. The minimum atomic E-state index is -4.53. The van der Waals surface area contributed by atoms with Gasteiger partial charge in [0.15, 0.2) is 0 Å². The van der Waals surface area contributed by atoms with Crippen LogP contribution in [0.15, 0.2) is 36.5 Å². The van der Waals surface area contributed by atoms with Gasteiger partial charge in [-0.15, -0.1) is 0 Å². The summed E-state index contributed by atoms with van der Waals surface area (Å²) in [6.45, 7) is 1.88. The second-order valence-electron chi connectivity index (χ2n) is 5.78. The highest BCUT2D eigenvalue weighted by atomic mass is 35.5. The predicted octanol–water partition coefficient (Wildman–Crippen LogP) is 5.44. The van der Waals surface area contributed by atoms with Crippen molar-refractivity contribution in [1.82, 2.24) is 9.38 Å². The van der Waals surface area contributed by atoms with Crippen molar-refractivity contribution in [1.29, 1.82) is 0 Å². The van der Waals surface area contributed by atoms with E-state index in [1.54, 1.807) is 10.6 Å². The van der Waals surface area contributed by atoms with Gasteiger partial charge in [0.25, 0.3) is 0 Å². The van der Waals surface area contributed by atoms with Crippen molar-refractivity contribution < 1.29 is 23.1 Å². The molecule has 0 unspecified atom stereocenters. The number of fused-ring (bicyclic) bond motifs is 1. The normalized spacial score (nSPS) is 12.2. The predicted molar refractivity (Wildman–Crippen MR) is 96.9 cm³/mol. The van der Waals surface area contributed by atoms with E-state index in [4.69, 9.17) is 16.7 Å². The maximum atomic E-state index is 13.2. The van der Waals surface area contributed by atoms with Crippen LogP contribution in [-0.4, -0.2) is 20.5 Å². The first kappa shape index (κ1) is 19.0. The van der Waals surface area contributed by atoms with Crippen LogP contribution in [0, 0.1) is 0 Å². The van der Waals surface area contributed by atoms with Crippen molar-refractivity contribution in [2.24, 2.45) is 0 Å². The van der Waals surface area contributed by atoms with Crippen LogP contribution in [0.2, 0.25) is 5.02 Å². The molecular weight excluding hydrogens is 381 g/mol. The van der Waals surface area contributed by atoms with Crippen molar-refractivity contribution in [3.05, 3.63) is 69.6 Å². The topological polar surface area (TPSA) is 54.6 Å². The van der Waals surface area contributed by atoms with Crippen LogP contribution in [-0.2, 0) is 12.6 Å². The van der Waals surface area contributed by atoms with Gasteiger partial charge >= 0.3 is 12.1 Å². The number of alkyl halides is 3. The molecule has 0 saturated heterocycles. The third kappa shape index (κ3) is 3.68. The van der Waals surface area contributed by atoms with E-state index in [0.717, 1.165) is 11.8 Å².